The van der Waals surface area contributed by atoms with Gasteiger partial charge in [0.1, 0.15) is 11.8 Å². The van der Waals surface area contributed by atoms with Crippen LogP contribution in [0.1, 0.15) is 5.56 Å². The van der Waals surface area contributed by atoms with E-state index in [1.165, 1.54) is 25.3 Å². The molecule has 0 heterocycles. The van der Waals surface area contributed by atoms with Gasteiger partial charge in [0.2, 0.25) is 0 Å². The van der Waals surface area contributed by atoms with E-state index in [0.717, 1.165) is 0 Å². The Hall–Kier alpha value is -1.51. The van der Waals surface area contributed by atoms with Crippen molar-refractivity contribution in [1.82, 2.24) is 0 Å². The molecule has 0 bridgehead atoms. The zero-order valence-electron chi connectivity index (χ0n) is 7.06. The van der Waals surface area contributed by atoms with Gasteiger partial charge < -0.3 is 14.8 Å². The van der Waals surface area contributed by atoms with Gasteiger partial charge in [0, 0.05) is 0 Å². The summed E-state index contributed by atoms with van der Waals surface area (Å²) in [7, 11) is -0.120. The number of hydrogen-bond donors (Lipinski definition) is 2. The highest BCUT2D eigenvalue weighted by molar-refractivity contribution is 6.58. The molecule has 0 amide bonds. The molecule has 0 fully saturated rings. The maximum absolute atomic E-state index is 8.82. The fourth-order valence-corrected chi connectivity index (χ4v) is 0.961. The Morgan fingerprint density at radius 2 is 2.15 bits per heavy atom. The maximum atomic E-state index is 8.82. The fourth-order valence-electron chi connectivity index (χ4n) is 0.961. The average Bonchev–Trinajstić information content (AvgIpc) is 2.16. The van der Waals surface area contributed by atoms with Gasteiger partial charge in [-0.15, -0.1) is 0 Å². The Balaban J connectivity index is 3.15. The molecule has 0 radical (unpaired) electrons. The summed E-state index contributed by atoms with van der Waals surface area (Å²) >= 11 is 0. The monoisotopic (exact) mass is 177 g/mol. The quantitative estimate of drug-likeness (QED) is 0.582. The minimum Gasteiger partial charge on any atom is -0.495 e. The van der Waals surface area contributed by atoms with Crippen LogP contribution < -0.4 is 10.2 Å². The summed E-state index contributed by atoms with van der Waals surface area (Å²) in [6, 6.07) is 6.29. The van der Waals surface area contributed by atoms with Gasteiger partial charge in [-0.3, -0.25) is 0 Å². The van der Waals surface area contributed by atoms with E-state index in [1.54, 1.807) is 0 Å². The van der Waals surface area contributed by atoms with Gasteiger partial charge in [-0.25, -0.2) is 0 Å². The molecule has 0 unspecified atom stereocenters. The second-order valence-corrected chi connectivity index (χ2v) is 2.45. The predicted octanol–water partition coefficient (Wildman–Crippen LogP) is -0.753. The van der Waals surface area contributed by atoms with Crippen LogP contribution in [0.4, 0.5) is 0 Å². The summed E-state index contributed by atoms with van der Waals surface area (Å²) < 4.78 is 4.88. The average molecular weight is 177 g/mol. The van der Waals surface area contributed by atoms with Gasteiger partial charge in [-0.05, 0) is 17.6 Å². The number of methoxy groups -OCH3 is 1. The van der Waals surface area contributed by atoms with Gasteiger partial charge in [0.05, 0.1) is 12.7 Å². The molecule has 0 atom stereocenters. The van der Waals surface area contributed by atoms with Crippen LogP contribution in [0.15, 0.2) is 18.2 Å². The second-order valence-electron chi connectivity index (χ2n) is 2.45. The van der Waals surface area contributed by atoms with Crippen molar-refractivity contribution in [3.63, 3.8) is 0 Å². The highest BCUT2D eigenvalue weighted by Crippen LogP contribution is 2.14. The third kappa shape index (κ3) is 1.99. The summed E-state index contributed by atoms with van der Waals surface area (Å²) in [6.07, 6.45) is 0. The second kappa shape index (κ2) is 3.94. The molecule has 0 aromatic heterocycles. The van der Waals surface area contributed by atoms with Crippen LogP contribution in [-0.4, -0.2) is 24.3 Å². The molecule has 0 aliphatic heterocycles. The topological polar surface area (TPSA) is 73.5 Å². The van der Waals surface area contributed by atoms with Gasteiger partial charge >= 0.3 is 7.12 Å². The Labute approximate surface area is 76.1 Å². The van der Waals surface area contributed by atoms with Crippen LogP contribution >= 0.6 is 0 Å². The summed E-state index contributed by atoms with van der Waals surface area (Å²) in [6.45, 7) is 0. The third-order valence-electron chi connectivity index (χ3n) is 1.64. The van der Waals surface area contributed by atoms with Gasteiger partial charge in [0.15, 0.2) is 0 Å². The van der Waals surface area contributed by atoms with Crippen LogP contribution in [0, 0.1) is 11.3 Å². The molecule has 0 aliphatic carbocycles. The summed E-state index contributed by atoms with van der Waals surface area (Å²) in [5.41, 5.74) is 0.669. The van der Waals surface area contributed by atoms with Crippen molar-refractivity contribution in [1.29, 1.82) is 5.26 Å². The van der Waals surface area contributed by atoms with E-state index < -0.39 is 7.12 Å². The standard InChI is InChI=1S/C8H8BNO3/c1-13-8-4-7(9(11)12)3-2-6(8)5-10/h2-4,11-12H,1H3. The minimum atomic E-state index is -1.54. The number of nitrogens with zero attached hydrogens (tertiary/aromatic N) is 1. The van der Waals surface area contributed by atoms with Crippen LogP contribution in [-0.2, 0) is 0 Å². The lowest BCUT2D eigenvalue weighted by molar-refractivity contribution is 0.411. The summed E-state index contributed by atoms with van der Waals surface area (Å²) in [5, 5.41) is 26.3. The molecular weight excluding hydrogens is 169 g/mol. The van der Waals surface area contributed by atoms with E-state index in [0.29, 0.717) is 16.8 Å². The molecule has 1 rings (SSSR count). The van der Waals surface area contributed by atoms with Crippen LogP contribution in [0.5, 0.6) is 5.75 Å². The molecule has 0 spiro atoms. The number of hydrogen-bond acceptors (Lipinski definition) is 4. The molecule has 0 aliphatic rings. The molecule has 66 valence electrons. The predicted molar refractivity (Wildman–Crippen MR) is 47.5 cm³/mol. The Morgan fingerprint density at radius 3 is 2.62 bits per heavy atom. The van der Waals surface area contributed by atoms with Crippen molar-refractivity contribution in [2.75, 3.05) is 7.11 Å². The van der Waals surface area contributed by atoms with Crippen molar-refractivity contribution < 1.29 is 14.8 Å². The Kier molecular flexibility index (Phi) is 2.90. The zero-order chi connectivity index (χ0) is 9.84. The third-order valence-corrected chi connectivity index (χ3v) is 1.64. The molecule has 1 aromatic carbocycles. The number of rotatable bonds is 2. The van der Waals surface area contributed by atoms with E-state index in [9.17, 15) is 0 Å². The Bertz CT molecular complexity index is 346. The summed E-state index contributed by atoms with van der Waals surface area (Å²) in [4.78, 5) is 0. The first-order chi connectivity index (χ1) is 6.19. The fraction of sp³-hybridized carbons (Fsp3) is 0.125. The first kappa shape index (κ1) is 9.58. The van der Waals surface area contributed by atoms with Crippen molar-refractivity contribution in [2.24, 2.45) is 0 Å². The molecule has 13 heavy (non-hydrogen) atoms. The highest BCUT2D eigenvalue weighted by Gasteiger charge is 2.13. The first-order valence-electron chi connectivity index (χ1n) is 3.63. The molecule has 4 nitrogen and oxygen atoms in total. The van der Waals surface area contributed by atoms with E-state index >= 15 is 0 Å². The Morgan fingerprint density at radius 1 is 1.46 bits per heavy atom. The lowest BCUT2D eigenvalue weighted by Gasteiger charge is -2.04. The minimum absolute atomic E-state index is 0.302. The van der Waals surface area contributed by atoms with E-state index in [2.05, 4.69) is 0 Å². The van der Waals surface area contributed by atoms with Gasteiger partial charge in [0.25, 0.3) is 0 Å². The molecule has 0 saturated carbocycles. The SMILES string of the molecule is COc1cc(B(O)O)ccc1C#N. The van der Waals surface area contributed by atoms with Crippen molar-refractivity contribution in [2.45, 2.75) is 0 Å². The van der Waals surface area contributed by atoms with Crippen LogP contribution in [0.3, 0.4) is 0 Å². The van der Waals surface area contributed by atoms with E-state index in [1.807, 2.05) is 6.07 Å². The smallest absolute Gasteiger partial charge is 0.488 e. The zero-order valence-corrected chi connectivity index (χ0v) is 7.06. The lowest BCUT2D eigenvalue weighted by Crippen LogP contribution is -2.29. The van der Waals surface area contributed by atoms with Crippen molar-refractivity contribution in [3.8, 4) is 11.8 Å². The number of benzene rings is 1. The van der Waals surface area contributed by atoms with E-state index in [4.69, 9.17) is 20.0 Å². The molecule has 1 aromatic rings. The van der Waals surface area contributed by atoms with Crippen molar-refractivity contribution in [3.05, 3.63) is 23.8 Å². The number of nitriles is 1. The lowest BCUT2D eigenvalue weighted by atomic mass is 9.80. The molecular formula is C8H8BNO3. The molecule has 0 saturated heterocycles. The van der Waals surface area contributed by atoms with Gasteiger partial charge in [-0.1, -0.05) is 6.07 Å². The van der Waals surface area contributed by atoms with Gasteiger partial charge in [-0.2, -0.15) is 5.26 Å². The van der Waals surface area contributed by atoms with Crippen molar-refractivity contribution >= 4 is 12.6 Å². The molecule has 2 N–H and O–H groups in total. The maximum Gasteiger partial charge on any atom is 0.488 e. The summed E-state index contributed by atoms with van der Waals surface area (Å²) in [5.74, 6) is 0.341. The molecule has 5 heteroatoms. The largest absolute Gasteiger partial charge is 0.495 e. The van der Waals surface area contributed by atoms with E-state index in [-0.39, 0.29) is 0 Å². The van der Waals surface area contributed by atoms with Crippen LogP contribution in [0.25, 0.3) is 0 Å². The highest BCUT2D eigenvalue weighted by atomic mass is 16.5. The normalized spacial score (nSPS) is 9.08. The number of ether oxygens (including phenoxy) is 1. The van der Waals surface area contributed by atoms with Crippen LogP contribution in [0.2, 0.25) is 0 Å². The first-order valence-corrected chi connectivity index (χ1v) is 3.63.